The maximum atomic E-state index is 12.6. The zero-order valence-electron chi connectivity index (χ0n) is 73.0. The number of hydrogen-bond acceptors (Lipinski definition) is 24. The molecule has 30 heteroatoms. The van der Waals surface area contributed by atoms with Gasteiger partial charge in [0.2, 0.25) is 0 Å². The molecule has 1 saturated carbocycles. The quantitative estimate of drug-likeness (QED) is 0.0452. The van der Waals surface area contributed by atoms with E-state index < -0.39 is 17.9 Å². The minimum absolute atomic E-state index is 0.0573. The molecule has 15 aromatic rings. The standard InChI is InChI=1S/C33H32N4O6.C25H26BrN3O5.C25H27N3O5.C13H12N2O/c1-5-41-27-14-22(33(39)40)15-28(42-6-2)31(27)37-17-25(20-7-9-21(10-8-20)32(38)35-24-11-12-24)30-26(37)13-23(16-34-30)29-18(3)36-43-19(29)4;1-6-31-20-10-16(25(30)33-8-3)11-21(32-7-2)24(20)29-13-18(26)23-19(29)9-17(12-27-23)22-14(4)28-34-15(22)5;1-6-30-21-12-17(25(29)32-8-3)13-22(31-7-2)24(21)28-10-9-19-20(28)11-18(14-26-19)23-15(4)27-33-16(23)5;1-8-13(9(2)16-15-8)11-6-10-4-3-5-12(10)14-7-11/h7-10,13-17,24H,5-6,11-12H2,1-4H3,(H,35,38)(H,39,40);9-13H,6-8H2,1-5H3;9-14H,6-8H2,1-5H3;3,5-7H,4H2,1-2H3. The Hall–Kier alpha value is -14.2. The van der Waals surface area contributed by atoms with Gasteiger partial charge in [-0.25, -0.2) is 14.4 Å². The summed E-state index contributed by atoms with van der Waals surface area (Å²) in [7, 11) is 0. The van der Waals surface area contributed by atoms with Gasteiger partial charge in [-0.15, -0.1) is 0 Å². The van der Waals surface area contributed by atoms with Crippen LogP contribution in [0.3, 0.4) is 0 Å². The van der Waals surface area contributed by atoms with Crippen LogP contribution in [0.4, 0.5) is 0 Å². The van der Waals surface area contributed by atoms with E-state index in [1.165, 1.54) is 17.7 Å². The first-order valence-electron chi connectivity index (χ1n) is 41.8. The zero-order chi connectivity index (χ0) is 89.3. The smallest absolute Gasteiger partial charge is 0.338 e. The molecule has 2 aliphatic rings. The summed E-state index contributed by atoms with van der Waals surface area (Å²) in [5.74, 6) is 3.73. The molecule has 0 saturated heterocycles. The Kier molecular flexibility index (Phi) is 27.1. The minimum atomic E-state index is -1.08. The van der Waals surface area contributed by atoms with Gasteiger partial charge in [0.1, 0.15) is 80.1 Å². The van der Waals surface area contributed by atoms with Gasteiger partial charge in [-0.1, -0.05) is 38.8 Å². The van der Waals surface area contributed by atoms with Crippen LogP contribution in [0.2, 0.25) is 0 Å². The number of aryl methyl sites for hydroxylation is 8. The highest BCUT2D eigenvalue weighted by Crippen LogP contribution is 2.46. The molecule has 1 fully saturated rings. The Bertz CT molecular complexity index is 6460. The lowest BCUT2D eigenvalue weighted by Crippen LogP contribution is -2.25. The van der Waals surface area contributed by atoms with Crippen molar-refractivity contribution in [2.75, 3.05) is 52.9 Å². The van der Waals surface area contributed by atoms with E-state index in [1.54, 1.807) is 50.5 Å². The van der Waals surface area contributed by atoms with Gasteiger partial charge in [0, 0.05) is 105 Å². The summed E-state index contributed by atoms with van der Waals surface area (Å²) in [5.41, 5.74) is 22.8. The molecule has 0 aliphatic heterocycles. The Labute approximate surface area is 735 Å². The number of allylic oxidation sites excluding steroid dienone is 1. The highest BCUT2D eigenvalue weighted by atomic mass is 79.9. The highest BCUT2D eigenvalue weighted by Gasteiger charge is 2.30. The number of fused-ring (bicyclic) bond motifs is 4. The van der Waals surface area contributed by atoms with Crippen LogP contribution >= 0.6 is 15.9 Å². The number of rotatable bonds is 27. The summed E-state index contributed by atoms with van der Waals surface area (Å²) < 4.78 is 74.2. The van der Waals surface area contributed by atoms with Gasteiger partial charge in [0.05, 0.1) is 130 Å². The summed E-state index contributed by atoms with van der Waals surface area (Å²) in [5, 5.41) is 29.0. The number of esters is 2. The average Bonchev–Trinajstić information content (AvgIpc) is 1.59. The molecule has 126 heavy (non-hydrogen) atoms. The lowest BCUT2D eigenvalue weighted by atomic mass is 10.0. The fourth-order valence-electron chi connectivity index (χ4n) is 15.4. The van der Waals surface area contributed by atoms with E-state index in [-0.39, 0.29) is 30.7 Å². The Morgan fingerprint density at radius 2 is 0.825 bits per heavy atom. The third kappa shape index (κ3) is 18.4. The van der Waals surface area contributed by atoms with E-state index in [0.29, 0.717) is 119 Å². The SMILES string of the molecule is CCOC(=O)c1cc(OCC)c(-n2cc(Br)c3ncc(-c4c(C)noc4C)cc32)c(OCC)c1.CCOC(=O)c1cc(OCC)c(-n2ccc3ncc(-c4c(C)noc4C)cc32)c(OCC)c1.CCOc1cc(C(=O)O)cc(OCC)c1-n1cc(-c2ccc(C(=O)NC3CC3)cc2)c2ncc(-c3c(C)noc3C)cc21.Cc1noc(C)c1-c1cnc2c(c1)CC=C2. The number of benzene rings is 4. The number of aromatic nitrogens is 11. The van der Waals surface area contributed by atoms with E-state index in [4.69, 9.17) is 66.0 Å². The minimum Gasteiger partial charge on any atom is -0.492 e. The van der Waals surface area contributed by atoms with Gasteiger partial charge in [0.25, 0.3) is 5.91 Å². The average molecular weight is 1770 g/mol. The van der Waals surface area contributed by atoms with Gasteiger partial charge in [-0.3, -0.25) is 24.7 Å². The van der Waals surface area contributed by atoms with Crippen LogP contribution in [0, 0.1) is 55.4 Å². The van der Waals surface area contributed by atoms with Crippen molar-refractivity contribution in [2.45, 2.75) is 136 Å². The number of hydrogen-bond donors (Lipinski definition) is 2. The number of nitrogens with one attached hydrogen (secondary N) is 1. The number of ether oxygens (including phenoxy) is 8. The van der Waals surface area contributed by atoms with E-state index in [1.807, 2.05) is 190 Å². The molecule has 11 heterocycles. The lowest BCUT2D eigenvalue weighted by molar-refractivity contribution is 0.0516. The largest absolute Gasteiger partial charge is 0.492 e. The summed E-state index contributed by atoms with van der Waals surface area (Å²) >= 11 is 3.63. The zero-order valence-corrected chi connectivity index (χ0v) is 74.6. The number of carboxylic acid groups (broad SMARTS) is 1. The molecule has 0 radical (unpaired) electrons. The first-order chi connectivity index (χ1) is 60.9. The molecular weight excluding hydrogens is 1670 g/mol. The summed E-state index contributed by atoms with van der Waals surface area (Å²) in [4.78, 5) is 68.2. The van der Waals surface area contributed by atoms with Crippen LogP contribution < -0.4 is 33.7 Å². The molecule has 4 aromatic carbocycles. The molecule has 650 valence electrons. The predicted molar refractivity (Wildman–Crippen MR) is 480 cm³/mol. The van der Waals surface area contributed by atoms with Gasteiger partial charge >= 0.3 is 17.9 Å². The number of carboxylic acids is 1. The van der Waals surface area contributed by atoms with Gasteiger partial charge in [0.15, 0.2) is 0 Å². The molecule has 0 atom stereocenters. The van der Waals surface area contributed by atoms with Crippen molar-refractivity contribution in [2.24, 2.45) is 0 Å². The number of nitrogens with zero attached hydrogens (tertiary/aromatic N) is 11. The van der Waals surface area contributed by atoms with E-state index in [2.05, 4.69) is 70.1 Å². The van der Waals surface area contributed by atoms with Gasteiger partial charge < -0.3 is 80.1 Å². The maximum absolute atomic E-state index is 12.6. The van der Waals surface area contributed by atoms with Crippen LogP contribution in [0.15, 0.2) is 163 Å². The molecule has 2 aliphatic carbocycles. The van der Waals surface area contributed by atoms with Crippen molar-refractivity contribution in [3.63, 3.8) is 0 Å². The third-order valence-electron chi connectivity index (χ3n) is 21.0. The number of aromatic carboxylic acids is 1. The Morgan fingerprint density at radius 1 is 0.437 bits per heavy atom. The van der Waals surface area contributed by atoms with Crippen LogP contribution in [0.5, 0.6) is 34.5 Å². The molecular formula is C96H97BrN12O17. The molecule has 0 unspecified atom stereocenters. The Morgan fingerprint density at radius 3 is 1.24 bits per heavy atom. The number of amides is 1. The lowest BCUT2D eigenvalue weighted by Gasteiger charge is -2.18. The van der Waals surface area contributed by atoms with Crippen molar-refractivity contribution in [3.05, 3.63) is 224 Å². The monoisotopic (exact) mass is 1770 g/mol. The van der Waals surface area contributed by atoms with Crippen LogP contribution in [0.1, 0.15) is 167 Å². The summed E-state index contributed by atoms with van der Waals surface area (Å²) in [6.07, 6.45) is 20.3. The fraction of sp³-hybridized carbons (Fsp3) is 0.292. The van der Waals surface area contributed by atoms with Crippen LogP contribution in [-0.2, 0) is 15.9 Å². The first kappa shape index (κ1) is 88.2. The van der Waals surface area contributed by atoms with Crippen molar-refractivity contribution in [1.82, 2.24) is 59.6 Å². The molecule has 0 spiro atoms. The van der Waals surface area contributed by atoms with Gasteiger partial charge in [-0.2, -0.15) is 0 Å². The van der Waals surface area contributed by atoms with E-state index in [9.17, 15) is 24.3 Å². The molecule has 11 aromatic heterocycles. The number of carbonyl (C=O) groups is 4. The fourth-order valence-corrected chi connectivity index (χ4v) is 15.9. The number of carbonyl (C=O) groups excluding carboxylic acids is 3. The third-order valence-corrected chi connectivity index (χ3v) is 21.5. The maximum Gasteiger partial charge on any atom is 0.338 e. The second-order valence-corrected chi connectivity index (χ2v) is 30.4. The number of pyridine rings is 4. The van der Waals surface area contributed by atoms with Crippen molar-refractivity contribution in [3.8, 4) is 107 Å². The van der Waals surface area contributed by atoms with Crippen molar-refractivity contribution < 1.29 is 80.3 Å². The van der Waals surface area contributed by atoms with Crippen LogP contribution in [-0.4, -0.2) is 142 Å². The summed E-state index contributed by atoms with van der Waals surface area (Å²) in [6, 6.07) is 27.7. The Balaban J connectivity index is 0.000000142. The highest BCUT2D eigenvalue weighted by molar-refractivity contribution is 9.10. The summed E-state index contributed by atoms with van der Waals surface area (Å²) in [6.45, 7) is 32.9. The molecule has 17 rings (SSSR count). The second-order valence-electron chi connectivity index (χ2n) is 29.6. The first-order valence-corrected chi connectivity index (χ1v) is 42.5. The molecule has 2 N–H and O–H groups in total. The van der Waals surface area contributed by atoms with E-state index in [0.717, 1.165) is 153 Å². The topological polar surface area (TPSA) is 345 Å². The molecule has 29 nitrogen and oxygen atoms in total. The van der Waals surface area contributed by atoms with E-state index >= 15 is 0 Å². The molecule has 1 amide bonds. The predicted octanol–water partition coefficient (Wildman–Crippen LogP) is 20.6. The molecule has 0 bridgehead atoms. The van der Waals surface area contributed by atoms with Crippen molar-refractivity contribution >= 4 is 78.9 Å². The van der Waals surface area contributed by atoms with Crippen LogP contribution in [0.25, 0.3) is 112 Å². The normalized spacial score (nSPS) is 11.9. The second kappa shape index (κ2) is 38.7. The van der Waals surface area contributed by atoms with Crippen molar-refractivity contribution in [1.29, 1.82) is 0 Å². The van der Waals surface area contributed by atoms with Gasteiger partial charge in [-0.05, 0) is 242 Å². The number of halogens is 1.